The van der Waals surface area contributed by atoms with Crippen molar-refractivity contribution in [2.75, 3.05) is 20.2 Å². The summed E-state index contributed by atoms with van der Waals surface area (Å²) in [4.78, 5) is 18.3. The van der Waals surface area contributed by atoms with Crippen LogP contribution in [0.4, 0.5) is 0 Å². The number of fused-ring (bicyclic) bond motifs is 4. The van der Waals surface area contributed by atoms with Crippen LogP contribution < -0.4 is 4.74 Å². The Morgan fingerprint density at radius 3 is 2.69 bits per heavy atom. The fraction of sp³-hybridized carbons (Fsp3) is 0.429. The van der Waals surface area contributed by atoms with E-state index in [1.54, 1.807) is 4.90 Å². The number of aliphatic hydroxyl groups excluding tert-OH is 1. The Morgan fingerprint density at radius 2 is 1.91 bits per heavy atom. The largest absolute Gasteiger partial charge is 0.484 e. The zero-order valence-electron chi connectivity index (χ0n) is 19.9. The van der Waals surface area contributed by atoms with Gasteiger partial charge in [0.2, 0.25) is 0 Å². The van der Waals surface area contributed by atoms with Crippen LogP contribution in [0.5, 0.6) is 5.75 Å². The number of H-pyrrole nitrogens is 1. The van der Waals surface area contributed by atoms with Crippen LogP contribution in [-0.2, 0) is 16.0 Å². The van der Waals surface area contributed by atoms with Crippen molar-refractivity contribution >= 4 is 16.9 Å². The summed E-state index contributed by atoms with van der Waals surface area (Å²) < 4.78 is 11.7. The lowest BCUT2D eigenvalue weighted by atomic mass is 9.67. The molecule has 1 fully saturated rings. The Hall–Kier alpha value is -3.50. The number of carbonyl (C=O) groups excluding carboxylic acids is 1. The third-order valence-corrected chi connectivity index (χ3v) is 7.69. The molecule has 0 radical (unpaired) electrons. The first kappa shape index (κ1) is 23.3. The van der Waals surface area contributed by atoms with Crippen LogP contribution in [0.2, 0.25) is 0 Å². The van der Waals surface area contributed by atoms with Crippen LogP contribution >= 0.6 is 0 Å². The number of aromatic amines is 1. The lowest BCUT2D eigenvalue weighted by Crippen LogP contribution is -2.47. The predicted octanol–water partition coefficient (Wildman–Crippen LogP) is 4.19. The van der Waals surface area contributed by atoms with Crippen LogP contribution in [0, 0.1) is 29.2 Å². The molecule has 35 heavy (non-hydrogen) atoms. The zero-order chi connectivity index (χ0) is 24.4. The van der Waals surface area contributed by atoms with Crippen molar-refractivity contribution in [1.29, 1.82) is 5.26 Å². The van der Waals surface area contributed by atoms with E-state index in [-0.39, 0.29) is 17.9 Å². The first-order chi connectivity index (χ1) is 17.1. The molecule has 2 aromatic carbocycles. The van der Waals surface area contributed by atoms with E-state index >= 15 is 0 Å². The summed E-state index contributed by atoms with van der Waals surface area (Å²) in [5, 5.41) is 21.9. The van der Waals surface area contributed by atoms with Crippen molar-refractivity contribution in [3.63, 3.8) is 0 Å². The second-order valence-corrected chi connectivity index (χ2v) is 9.63. The molecule has 1 saturated carbocycles. The number of nitrogens with zero attached hydrogens (tertiary/aromatic N) is 2. The smallest absolute Gasteiger partial charge is 0.311 e. The van der Waals surface area contributed by atoms with E-state index in [1.807, 2.05) is 48.5 Å². The van der Waals surface area contributed by atoms with Crippen molar-refractivity contribution in [1.82, 2.24) is 9.88 Å². The van der Waals surface area contributed by atoms with Gasteiger partial charge in [0.05, 0.1) is 24.8 Å². The lowest BCUT2D eigenvalue weighted by Gasteiger charge is -2.42. The Bertz CT molecular complexity index is 1220. The highest BCUT2D eigenvalue weighted by Crippen LogP contribution is 2.44. The molecule has 7 heteroatoms. The number of para-hydroxylation sites is 2. The van der Waals surface area contributed by atoms with Gasteiger partial charge in [0, 0.05) is 24.0 Å². The summed E-state index contributed by atoms with van der Waals surface area (Å²) in [6.07, 6.45) is 3.73. The van der Waals surface area contributed by atoms with E-state index in [2.05, 4.69) is 17.2 Å². The summed E-state index contributed by atoms with van der Waals surface area (Å²) in [5.74, 6) is -0.445. The maximum Gasteiger partial charge on any atom is 0.311 e. The number of ether oxygens (including phenoxy) is 2. The molecule has 1 unspecified atom stereocenters. The molecule has 2 N–H and O–H groups in total. The van der Waals surface area contributed by atoms with Gasteiger partial charge >= 0.3 is 5.97 Å². The molecule has 0 bridgehead atoms. The van der Waals surface area contributed by atoms with Crippen molar-refractivity contribution in [3.05, 3.63) is 65.9 Å². The van der Waals surface area contributed by atoms with Crippen LogP contribution in [0.1, 0.15) is 36.6 Å². The van der Waals surface area contributed by atoms with Gasteiger partial charge in [-0.1, -0.05) is 36.4 Å². The highest BCUT2D eigenvalue weighted by Gasteiger charge is 2.46. The standard InChI is InChI=1S/C28H31N3O4/c1-34-28(33)26-22-15-25(35-19-7-3-2-4-8-19)27-21(20-9-5-6-10-23(20)30-27)13-14-31(17-29)16-18(22)11-12-24(26)32/h2-10,18,22,24-26,30,32H,11-16H2,1H3/t18-,22?,24-,25+,26+/m0/s1. The molecule has 2 heterocycles. The number of methoxy groups -OCH3 is 1. The predicted molar refractivity (Wildman–Crippen MR) is 131 cm³/mol. The molecule has 7 nitrogen and oxygen atoms in total. The lowest BCUT2D eigenvalue weighted by molar-refractivity contribution is -0.157. The normalized spacial score (nSPS) is 26.8. The molecule has 182 valence electrons. The van der Waals surface area contributed by atoms with Gasteiger partial charge in [0.25, 0.3) is 0 Å². The number of hydrogen-bond donors (Lipinski definition) is 2. The quantitative estimate of drug-likeness (QED) is 0.437. The average molecular weight is 474 g/mol. The average Bonchev–Trinajstić information content (AvgIpc) is 3.26. The van der Waals surface area contributed by atoms with E-state index in [4.69, 9.17) is 9.47 Å². The Kier molecular flexibility index (Phi) is 6.65. The van der Waals surface area contributed by atoms with Crippen molar-refractivity contribution in [2.24, 2.45) is 17.8 Å². The van der Waals surface area contributed by atoms with Gasteiger partial charge in [-0.2, -0.15) is 5.26 Å². The van der Waals surface area contributed by atoms with Gasteiger partial charge in [-0.05, 0) is 61.3 Å². The van der Waals surface area contributed by atoms with Crippen LogP contribution in [-0.4, -0.2) is 47.3 Å². The number of aromatic nitrogens is 1. The Morgan fingerprint density at radius 1 is 1.14 bits per heavy atom. The molecule has 5 atom stereocenters. The van der Waals surface area contributed by atoms with Gasteiger partial charge in [-0.3, -0.25) is 4.79 Å². The third kappa shape index (κ3) is 4.59. The first-order valence-electron chi connectivity index (χ1n) is 12.3. The van der Waals surface area contributed by atoms with Crippen molar-refractivity contribution < 1.29 is 19.4 Å². The molecule has 5 rings (SSSR count). The van der Waals surface area contributed by atoms with Crippen molar-refractivity contribution in [2.45, 2.75) is 37.9 Å². The Balaban J connectivity index is 1.64. The maximum atomic E-state index is 12.9. The number of carbonyl (C=O) groups is 1. The van der Waals surface area contributed by atoms with Crippen LogP contribution in [0.15, 0.2) is 54.6 Å². The minimum Gasteiger partial charge on any atom is -0.484 e. The number of nitrogens with one attached hydrogen (secondary N) is 1. The molecule has 0 spiro atoms. The minimum atomic E-state index is -0.776. The van der Waals surface area contributed by atoms with Crippen LogP contribution in [0.3, 0.4) is 0 Å². The molecule has 3 aromatic rings. The number of aliphatic hydroxyl groups is 1. The highest BCUT2D eigenvalue weighted by molar-refractivity contribution is 5.85. The van der Waals surface area contributed by atoms with E-state index in [0.717, 1.165) is 34.3 Å². The van der Waals surface area contributed by atoms with E-state index in [0.29, 0.717) is 32.4 Å². The molecule has 1 aliphatic heterocycles. The SMILES string of the molecule is COC(=O)[C@@H]1C2C[C@@H](Oc3ccccc3)c3[nH]c4ccccc4c3CCN(C#N)C[C@@H]2CC[C@@H]1O. The molecule has 2 aliphatic rings. The summed E-state index contributed by atoms with van der Waals surface area (Å²) >= 11 is 0. The number of nitriles is 1. The van der Waals surface area contributed by atoms with Crippen molar-refractivity contribution in [3.8, 4) is 11.9 Å². The molecule has 0 saturated heterocycles. The second-order valence-electron chi connectivity index (χ2n) is 9.63. The van der Waals surface area contributed by atoms with Gasteiger partial charge in [-0.25, -0.2) is 0 Å². The number of hydrogen-bond acceptors (Lipinski definition) is 6. The molecule has 0 amide bonds. The maximum absolute atomic E-state index is 12.9. The molecular formula is C28H31N3O4. The van der Waals surface area contributed by atoms with E-state index < -0.39 is 18.0 Å². The first-order valence-corrected chi connectivity index (χ1v) is 12.3. The molecule has 1 aliphatic carbocycles. The molecule has 1 aromatic heterocycles. The van der Waals surface area contributed by atoms with Gasteiger partial charge in [0.15, 0.2) is 6.19 Å². The van der Waals surface area contributed by atoms with Gasteiger partial charge in [0.1, 0.15) is 11.9 Å². The second kappa shape index (κ2) is 10.0. The fourth-order valence-electron chi connectivity index (χ4n) is 6.00. The summed E-state index contributed by atoms with van der Waals surface area (Å²) in [7, 11) is 1.37. The van der Waals surface area contributed by atoms with E-state index in [1.165, 1.54) is 7.11 Å². The monoisotopic (exact) mass is 473 g/mol. The third-order valence-electron chi connectivity index (χ3n) is 7.69. The van der Waals surface area contributed by atoms with Gasteiger partial charge < -0.3 is 24.5 Å². The minimum absolute atomic E-state index is 0.0648. The number of esters is 1. The summed E-state index contributed by atoms with van der Waals surface area (Å²) in [5.41, 5.74) is 3.12. The van der Waals surface area contributed by atoms with Gasteiger partial charge in [-0.15, -0.1) is 0 Å². The molecular weight excluding hydrogens is 442 g/mol. The topological polar surface area (TPSA) is 98.6 Å². The van der Waals surface area contributed by atoms with Crippen LogP contribution in [0.25, 0.3) is 10.9 Å². The fourth-order valence-corrected chi connectivity index (χ4v) is 6.00. The van der Waals surface area contributed by atoms with E-state index in [9.17, 15) is 15.2 Å². The summed E-state index contributed by atoms with van der Waals surface area (Å²) in [6, 6.07) is 17.9. The zero-order valence-corrected chi connectivity index (χ0v) is 19.9. The number of rotatable bonds is 3. The number of benzene rings is 2. The summed E-state index contributed by atoms with van der Waals surface area (Å²) in [6.45, 7) is 1.13. The highest BCUT2D eigenvalue weighted by atomic mass is 16.5. The Labute approximate surface area is 205 Å².